The van der Waals surface area contributed by atoms with E-state index in [2.05, 4.69) is 5.32 Å². The van der Waals surface area contributed by atoms with E-state index in [1.165, 1.54) is 0 Å². The van der Waals surface area contributed by atoms with Gasteiger partial charge in [-0.3, -0.25) is 4.79 Å². The number of aliphatic hydroxyl groups excluding tert-OH is 2. The van der Waals surface area contributed by atoms with E-state index in [1.54, 1.807) is 0 Å². The molecule has 18 heavy (non-hydrogen) atoms. The Balaban J connectivity index is 2.34. The monoisotopic (exact) mass is 252 g/mol. The smallest absolute Gasteiger partial charge is 0.220 e. The highest BCUT2D eigenvalue weighted by Crippen LogP contribution is 2.14. The van der Waals surface area contributed by atoms with Gasteiger partial charge >= 0.3 is 0 Å². The third-order valence-electron chi connectivity index (χ3n) is 2.72. The summed E-state index contributed by atoms with van der Waals surface area (Å²) in [6.45, 7) is -0.542. The highest BCUT2D eigenvalue weighted by molar-refractivity contribution is 5.76. The predicted octanol–water partition coefficient (Wildman–Crippen LogP) is -0.0640. The maximum Gasteiger partial charge on any atom is 0.220 e. The molecule has 5 nitrogen and oxygen atoms in total. The topological polar surface area (TPSA) is 95.6 Å². The Morgan fingerprint density at radius 2 is 1.83 bits per heavy atom. The Morgan fingerprint density at radius 1 is 1.22 bits per heavy atom. The first-order chi connectivity index (χ1) is 8.67. The van der Waals surface area contributed by atoms with E-state index in [0.717, 1.165) is 5.56 Å². The first-order valence-electron chi connectivity index (χ1n) is 5.99. The number of carbonyl (C=O) groups excluding carboxylic acids is 1. The Kier molecular flexibility index (Phi) is 6.35. The molecule has 1 aromatic rings. The van der Waals surface area contributed by atoms with Crippen LogP contribution in [0.5, 0.6) is 0 Å². The zero-order valence-corrected chi connectivity index (χ0v) is 10.2. The van der Waals surface area contributed by atoms with Gasteiger partial charge in [-0.25, -0.2) is 0 Å². The fraction of sp³-hybridized carbons (Fsp3) is 0.462. The summed E-state index contributed by atoms with van der Waals surface area (Å²) in [5, 5.41) is 20.2. The second-order valence-electron chi connectivity index (χ2n) is 4.19. The molecule has 0 spiro atoms. The number of amides is 1. The minimum absolute atomic E-state index is 0.182. The first kappa shape index (κ1) is 14.6. The van der Waals surface area contributed by atoms with Crippen LogP contribution in [0, 0.1) is 0 Å². The lowest BCUT2D eigenvalue weighted by Crippen LogP contribution is -2.40. The van der Waals surface area contributed by atoms with Crippen molar-refractivity contribution in [3.8, 4) is 0 Å². The molecule has 1 amide bonds. The highest BCUT2D eigenvalue weighted by atomic mass is 16.3. The molecule has 0 fully saturated rings. The molecular formula is C13H20N2O3. The molecule has 1 atom stereocenters. The summed E-state index contributed by atoms with van der Waals surface area (Å²) in [5.41, 5.74) is 6.95. The second kappa shape index (κ2) is 7.81. The molecule has 1 unspecified atom stereocenters. The number of hydrogen-bond acceptors (Lipinski definition) is 4. The van der Waals surface area contributed by atoms with Crippen molar-refractivity contribution in [1.29, 1.82) is 0 Å². The third-order valence-corrected chi connectivity index (χ3v) is 2.72. The highest BCUT2D eigenvalue weighted by Gasteiger charge is 2.12. The maximum absolute atomic E-state index is 11.5. The Labute approximate surface area is 107 Å². The quantitative estimate of drug-likeness (QED) is 0.546. The minimum atomic E-state index is -0.592. The Hall–Kier alpha value is -1.43. The van der Waals surface area contributed by atoms with E-state index in [1.807, 2.05) is 30.3 Å². The molecule has 0 aromatic heterocycles. The van der Waals surface area contributed by atoms with Crippen LogP contribution in [-0.4, -0.2) is 35.4 Å². The van der Waals surface area contributed by atoms with Crippen molar-refractivity contribution in [2.45, 2.75) is 24.9 Å². The van der Waals surface area contributed by atoms with Gasteiger partial charge in [0.1, 0.15) is 0 Å². The number of aliphatic hydroxyl groups is 2. The summed E-state index contributed by atoms with van der Waals surface area (Å²) < 4.78 is 0. The van der Waals surface area contributed by atoms with Gasteiger partial charge in [-0.1, -0.05) is 30.3 Å². The third kappa shape index (κ3) is 4.83. The fourth-order valence-electron chi connectivity index (χ4n) is 1.60. The molecular weight excluding hydrogens is 232 g/mol. The van der Waals surface area contributed by atoms with E-state index < -0.39 is 6.04 Å². The molecule has 100 valence electrons. The van der Waals surface area contributed by atoms with Gasteiger partial charge in [0.25, 0.3) is 0 Å². The molecule has 0 saturated carbocycles. The van der Waals surface area contributed by atoms with Crippen molar-refractivity contribution >= 4 is 5.91 Å². The zero-order valence-electron chi connectivity index (χ0n) is 10.2. The van der Waals surface area contributed by atoms with Crippen molar-refractivity contribution in [3.63, 3.8) is 0 Å². The molecule has 1 aromatic carbocycles. The molecule has 0 radical (unpaired) electrons. The van der Waals surface area contributed by atoms with Gasteiger partial charge < -0.3 is 21.3 Å². The van der Waals surface area contributed by atoms with Crippen molar-refractivity contribution in [2.24, 2.45) is 5.73 Å². The summed E-state index contributed by atoms with van der Waals surface area (Å²) in [6.07, 6.45) is 0.798. The van der Waals surface area contributed by atoms with Crippen LogP contribution in [0.2, 0.25) is 0 Å². The van der Waals surface area contributed by atoms with Crippen LogP contribution in [0.15, 0.2) is 30.3 Å². The summed E-state index contributed by atoms with van der Waals surface area (Å²) in [7, 11) is 0. The van der Waals surface area contributed by atoms with Crippen molar-refractivity contribution in [3.05, 3.63) is 35.9 Å². The number of nitrogens with two attached hydrogens (primary N) is 1. The molecule has 0 aliphatic heterocycles. The Morgan fingerprint density at radius 3 is 2.39 bits per heavy atom. The van der Waals surface area contributed by atoms with E-state index >= 15 is 0 Å². The summed E-state index contributed by atoms with van der Waals surface area (Å²) in [4.78, 5) is 11.5. The van der Waals surface area contributed by atoms with Gasteiger partial charge in [0.05, 0.1) is 19.3 Å². The lowest BCUT2D eigenvalue weighted by molar-refractivity contribution is -0.122. The lowest BCUT2D eigenvalue weighted by Gasteiger charge is -2.15. The van der Waals surface area contributed by atoms with Crippen LogP contribution >= 0.6 is 0 Å². The average molecular weight is 252 g/mol. The lowest BCUT2D eigenvalue weighted by atomic mass is 10.0. The fourth-order valence-corrected chi connectivity index (χ4v) is 1.60. The van der Waals surface area contributed by atoms with Crippen LogP contribution in [0.4, 0.5) is 0 Å². The first-order valence-corrected chi connectivity index (χ1v) is 5.99. The number of hydrogen-bond donors (Lipinski definition) is 4. The SMILES string of the molecule is NC(CCC(=O)NC(CO)CO)c1ccccc1. The minimum Gasteiger partial charge on any atom is -0.394 e. The molecule has 1 rings (SSSR count). The van der Waals surface area contributed by atoms with Crippen LogP contribution in [0.25, 0.3) is 0 Å². The van der Waals surface area contributed by atoms with Gasteiger partial charge in [0.2, 0.25) is 5.91 Å². The van der Waals surface area contributed by atoms with Crippen molar-refractivity contribution in [1.82, 2.24) is 5.32 Å². The van der Waals surface area contributed by atoms with Crippen LogP contribution in [-0.2, 0) is 4.79 Å². The van der Waals surface area contributed by atoms with Gasteiger partial charge in [0.15, 0.2) is 0 Å². The zero-order chi connectivity index (χ0) is 13.4. The van der Waals surface area contributed by atoms with Gasteiger partial charge in [-0.15, -0.1) is 0 Å². The maximum atomic E-state index is 11.5. The molecule has 0 aliphatic carbocycles. The average Bonchev–Trinajstić information content (AvgIpc) is 2.43. The number of nitrogens with one attached hydrogen (secondary N) is 1. The number of rotatable bonds is 7. The molecule has 5 heteroatoms. The molecule has 0 aliphatic rings. The number of benzene rings is 1. The Bertz CT molecular complexity index is 353. The summed E-state index contributed by atoms with van der Waals surface area (Å²) in [6, 6.07) is 8.80. The molecule has 0 saturated heterocycles. The molecule has 0 bridgehead atoms. The number of carbonyl (C=O) groups is 1. The van der Waals surface area contributed by atoms with E-state index in [-0.39, 0.29) is 31.6 Å². The largest absolute Gasteiger partial charge is 0.394 e. The van der Waals surface area contributed by atoms with Crippen molar-refractivity contribution in [2.75, 3.05) is 13.2 Å². The van der Waals surface area contributed by atoms with Crippen LogP contribution in [0.3, 0.4) is 0 Å². The van der Waals surface area contributed by atoms with Crippen molar-refractivity contribution < 1.29 is 15.0 Å². The normalized spacial score (nSPS) is 12.4. The molecule has 0 heterocycles. The second-order valence-corrected chi connectivity index (χ2v) is 4.19. The summed E-state index contributed by atoms with van der Waals surface area (Å²) in [5.74, 6) is -0.213. The molecule has 5 N–H and O–H groups in total. The van der Waals surface area contributed by atoms with Crippen LogP contribution < -0.4 is 11.1 Å². The van der Waals surface area contributed by atoms with Gasteiger partial charge in [-0.2, -0.15) is 0 Å². The van der Waals surface area contributed by atoms with E-state index in [0.29, 0.717) is 6.42 Å². The van der Waals surface area contributed by atoms with Gasteiger partial charge in [-0.05, 0) is 12.0 Å². The van der Waals surface area contributed by atoms with Gasteiger partial charge in [0, 0.05) is 12.5 Å². The van der Waals surface area contributed by atoms with E-state index in [4.69, 9.17) is 15.9 Å². The summed E-state index contributed by atoms with van der Waals surface area (Å²) >= 11 is 0. The van der Waals surface area contributed by atoms with E-state index in [9.17, 15) is 4.79 Å². The standard InChI is InChI=1S/C13H20N2O3/c14-12(10-4-2-1-3-5-10)6-7-13(18)15-11(8-16)9-17/h1-5,11-12,16-17H,6-9,14H2,(H,15,18). The predicted molar refractivity (Wildman–Crippen MR) is 68.7 cm³/mol. The van der Waals surface area contributed by atoms with Crippen LogP contribution in [0.1, 0.15) is 24.4 Å².